The maximum absolute atomic E-state index is 13.7. The van der Waals surface area contributed by atoms with E-state index in [1.165, 1.54) is 12.1 Å². The van der Waals surface area contributed by atoms with Gasteiger partial charge in [0, 0.05) is 30.0 Å². The lowest BCUT2D eigenvalue weighted by Crippen LogP contribution is -2.35. The van der Waals surface area contributed by atoms with Gasteiger partial charge < -0.3 is 9.40 Å². The first-order valence-electron chi connectivity index (χ1n) is 12.8. The van der Waals surface area contributed by atoms with Crippen LogP contribution in [0, 0.1) is 12.7 Å². The van der Waals surface area contributed by atoms with Crippen LogP contribution in [0.25, 0.3) is 10.9 Å². The van der Waals surface area contributed by atoms with Gasteiger partial charge in [0.25, 0.3) is 5.56 Å². The van der Waals surface area contributed by atoms with Crippen LogP contribution >= 0.6 is 0 Å². The number of rotatable bonds is 9. The summed E-state index contributed by atoms with van der Waals surface area (Å²) in [4.78, 5) is 23.1. The van der Waals surface area contributed by atoms with Crippen LogP contribution in [-0.4, -0.2) is 35.1 Å². The zero-order chi connectivity index (χ0) is 27.5. The third-order valence-corrected chi connectivity index (χ3v) is 6.79. The first-order chi connectivity index (χ1) is 19.5. The van der Waals surface area contributed by atoms with Crippen LogP contribution in [0.5, 0.6) is 0 Å². The Balaban J connectivity index is 1.52. The number of H-pyrrole nitrogens is 1. The first kappa shape index (κ1) is 25.3. The molecular weight excluding hydrogens is 509 g/mol. The standard InChI is InChI=1S/C30H26FN7O2/c1-20-6-11-27-23(14-20)15-26(30(39)33-27)28(29-34-35-36-38(29)18-21-7-9-24(31)10-8-21)37(19-25-5-3-13-40-25)17-22-4-2-12-32-16-22/h2-16,28H,17-19H2,1H3,(H,33,39)/t28-/m0/s1. The van der Waals surface area contributed by atoms with E-state index in [9.17, 15) is 9.18 Å². The molecule has 0 fully saturated rings. The number of nitrogens with zero attached hydrogens (tertiary/aromatic N) is 6. The fourth-order valence-corrected chi connectivity index (χ4v) is 4.90. The molecule has 200 valence electrons. The van der Waals surface area contributed by atoms with E-state index in [1.807, 2.05) is 55.5 Å². The minimum absolute atomic E-state index is 0.242. The number of pyridine rings is 2. The summed E-state index contributed by atoms with van der Waals surface area (Å²) in [5.41, 5.74) is 3.84. The summed E-state index contributed by atoms with van der Waals surface area (Å²) in [6.45, 7) is 3.12. The lowest BCUT2D eigenvalue weighted by Gasteiger charge is -2.30. The van der Waals surface area contributed by atoms with Gasteiger partial charge >= 0.3 is 0 Å². The van der Waals surface area contributed by atoms with E-state index in [1.54, 1.807) is 35.5 Å². The predicted molar refractivity (Wildman–Crippen MR) is 147 cm³/mol. The van der Waals surface area contributed by atoms with Gasteiger partial charge in [-0.1, -0.05) is 29.8 Å². The van der Waals surface area contributed by atoms with E-state index in [2.05, 4.69) is 30.4 Å². The van der Waals surface area contributed by atoms with Crippen LogP contribution in [0.2, 0.25) is 0 Å². The van der Waals surface area contributed by atoms with Crippen LogP contribution in [0.3, 0.4) is 0 Å². The molecule has 0 radical (unpaired) electrons. The number of benzene rings is 2. The molecule has 0 aliphatic heterocycles. The van der Waals surface area contributed by atoms with Gasteiger partial charge in [-0.25, -0.2) is 9.07 Å². The Morgan fingerprint density at radius 3 is 2.67 bits per heavy atom. The predicted octanol–water partition coefficient (Wildman–Crippen LogP) is 4.79. The molecule has 10 heteroatoms. The van der Waals surface area contributed by atoms with Crippen LogP contribution in [0.15, 0.2) is 101 Å². The quantitative estimate of drug-likeness (QED) is 0.284. The Morgan fingerprint density at radius 2 is 1.90 bits per heavy atom. The number of aryl methyl sites for hydroxylation is 1. The molecule has 0 aliphatic rings. The molecular formula is C30H26FN7O2. The molecule has 2 aromatic carbocycles. The molecule has 6 rings (SSSR count). The Hall–Kier alpha value is -4.96. The molecule has 0 aliphatic carbocycles. The monoisotopic (exact) mass is 535 g/mol. The summed E-state index contributed by atoms with van der Waals surface area (Å²) in [5.74, 6) is 0.870. The Bertz CT molecular complexity index is 1780. The van der Waals surface area contributed by atoms with E-state index < -0.39 is 6.04 Å². The molecule has 1 N–H and O–H groups in total. The summed E-state index contributed by atoms with van der Waals surface area (Å²) in [7, 11) is 0. The first-order valence-corrected chi connectivity index (χ1v) is 12.8. The number of nitrogens with one attached hydrogen (secondary N) is 1. The molecule has 4 aromatic heterocycles. The van der Waals surface area contributed by atoms with Gasteiger partial charge in [0.15, 0.2) is 5.82 Å². The van der Waals surface area contributed by atoms with E-state index >= 15 is 0 Å². The molecule has 0 spiro atoms. The van der Waals surface area contributed by atoms with Crippen molar-refractivity contribution in [2.75, 3.05) is 0 Å². The van der Waals surface area contributed by atoms with Gasteiger partial charge in [0.1, 0.15) is 17.6 Å². The van der Waals surface area contributed by atoms with Gasteiger partial charge in [0.05, 0.1) is 19.4 Å². The van der Waals surface area contributed by atoms with E-state index in [0.717, 1.165) is 33.4 Å². The molecule has 1 atom stereocenters. The van der Waals surface area contributed by atoms with E-state index in [0.29, 0.717) is 31.0 Å². The number of halogens is 1. The van der Waals surface area contributed by atoms with Crippen molar-refractivity contribution in [2.24, 2.45) is 0 Å². The molecule has 9 nitrogen and oxygen atoms in total. The number of fused-ring (bicyclic) bond motifs is 1. The second kappa shape index (κ2) is 11.0. The highest BCUT2D eigenvalue weighted by molar-refractivity contribution is 5.79. The second-order valence-corrected chi connectivity index (χ2v) is 9.71. The molecule has 0 unspecified atom stereocenters. The highest BCUT2D eigenvalue weighted by Crippen LogP contribution is 2.30. The average molecular weight is 536 g/mol. The van der Waals surface area contributed by atoms with Crippen molar-refractivity contribution in [1.82, 2.24) is 35.1 Å². The summed E-state index contributed by atoms with van der Waals surface area (Å²) >= 11 is 0. The maximum Gasteiger partial charge on any atom is 0.253 e. The SMILES string of the molecule is Cc1ccc2[nH]c(=O)c([C@@H](c3nnnn3Cc3ccc(F)cc3)N(Cc3cccnc3)Cc3ccco3)cc2c1. The van der Waals surface area contributed by atoms with Crippen molar-refractivity contribution in [3.63, 3.8) is 0 Å². The number of tetrazole rings is 1. The lowest BCUT2D eigenvalue weighted by atomic mass is 10.0. The molecule has 0 saturated heterocycles. The Labute approximate surface area is 228 Å². The summed E-state index contributed by atoms with van der Waals surface area (Å²) < 4.78 is 21.0. The molecule has 0 saturated carbocycles. The minimum atomic E-state index is -0.658. The van der Waals surface area contributed by atoms with Gasteiger partial charge in [-0.05, 0) is 82.4 Å². The third-order valence-electron chi connectivity index (χ3n) is 6.79. The van der Waals surface area contributed by atoms with Gasteiger partial charge in [-0.3, -0.25) is 14.7 Å². The van der Waals surface area contributed by atoms with Gasteiger partial charge in [-0.2, -0.15) is 0 Å². The molecule has 6 aromatic rings. The highest BCUT2D eigenvalue weighted by Gasteiger charge is 2.31. The second-order valence-electron chi connectivity index (χ2n) is 9.71. The fraction of sp³-hybridized carbons (Fsp3) is 0.167. The molecule has 40 heavy (non-hydrogen) atoms. The van der Waals surface area contributed by atoms with Crippen LogP contribution < -0.4 is 5.56 Å². The zero-order valence-electron chi connectivity index (χ0n) is 21.7. The van der Waals surface area contributed by atoms with Crippen LogP contribution in [-0.2, 0) is 19.6 Å². The number of furan rings is 1. The minimum Gasteiger partial charge on any atom is -0.468 e. The molecule has 0 bridgehead atoms. The van der Waals surface area contributed by atoms with Gasteiger partial charge in [-0.15, -0.1) is 5.10 Å². The van der Waals surface area contributed by atoms with Gasteiger partial charge in [0.2, 0.25) is 0 Å². The Kier molecular flexibility index (Phi) is 6.98. The van der Waals surface area contributed by atoms with Crippen molar-refractivity contribution in [2.45, 2.75) is 32.6 Å². The van der Waals surface area contributed by atoms with E-state index in [-0.39, 0.29) is 11.4 Å². The summed E-state index contributed by atoms with van der Waals surface area (Å²) in [6, 6.07) is 20.9. The van der Waals surface area contributed by atoms with Crippen LogP contribution in [0.1, 0.15) is 39.9 Å². The zero-order valence-corrected chi connectivity index (χ0v) is 21.7. The normalized spacial score (nSPS) is 12.3. The lowest BCUT2D eigenvalue weighted by molar-refractivity contribution is 0.179. The smallest absolute Gasteiger partial charge is 0.253 e. The summed E-state index contributed by atoms with van der Waals surface area (Å²) in [6.07, 6.45) is 5.13. The summed E-state index contributed by atoms with van der Waals surface area (Å²) in [5, 5.41) is 13.6. The van der Waals surface area contributed by atoms with Crippen molar-refractivity contribution in [3.05, 3.63) is 141 Å². The van der Waals surface area contributed by atoms with Crippen LogP contribution in [0.4, 0.5) is 4.39 Å². The topological polar surface area (TPSA) is 106 Å². The number of aromatic nitrogens is 6. The van der Waals surface area contributed by atoms with Crippen molar-refractivity contribution < 1.29 is 8.81 Å². The largest absolute Gasteiger partial charge is 0.468 e. The third kappa shape index (κ3) is 5.43. The Morgan fingerprint density at radius 1 is 1.02 bits per heavy atom. The van der Waals surface area contributed by atoms with E-state index in [4.69, 9.17) is 4.42 Å². The molecule has 4 heterocycles. The van der Waals surface area contributed by atoms with Crippen molar-refractivity contribution in [1.29, 1.82) is 0 Å². The number of hydrogen-bond donors (Lipinski definition) is 1. The maximum atomic E-state index is 13.7. The number of hydrogen-bond acceptors (Lipinski definition) is 7. The fourth-order valence-electron chi connectivity index (χ4n) is 4.90. The average Bonchev–Trinajstić information content (AvgIpc) is 3.64. The van der Waals surface area contributed by atoms with Crippen molar-refractivity contribution >= 4 is 10.9 Å². The highest BCUT2D eigenvalue weighted by atomic mass is 19.1. The molecule has 0 amide bonds. The van der Waals surface area contributed by atoms with Crippen molar-refractivity contribution in [3.8, 4) is 0 Å². The number of aromatic amines is 1.